The molecule has 0 saturated carbocycles. The van der Waals surface area contributed by atoms with Gasteiger partial charge in [-0.15, -0.1) is 0 Å². The van der Waals surface area contributed by atoms with Crippen LogP contribution in [0.25, 0.3) is 0 Å². The molecule has 0 atom stereocenters. The average Bonchev–Trinajstić information content (AvgIpc) is 2.72. The molecule has 0 unspecified atom stereocenters. The number of benzene rings is 2. The maximum Gasteiger partial charge on any atom is 0.416 e. The predicted octanol–water partition coefficient (Wildman–Crippen LogP) is 3.84. The van der Waals surface area contributed by atoms with E-state index in [9.17, 15) is 18.0 Å². The Bertz CT molecular complexity index is 910. The summed E-state index contributed by atoms with van der Waals surface area (Å²) < 4.78 is 44.7. The molecule has 0 bridgehead atoms. The van der Waals surface area contributed by atoms with Gasteiger partial charge in [0.05, 0.1) is 36.4 Å². The van der Waals surface area contributed by atoms with Crippen molar-refractivity contribution in [1.29, 1.82) is 0 Å². The van der Waals surface area contributed by atoms with E-state index in [-0.39, 0.29) is 5.69 Å². The van der Waals surface area contributed by atoms with Crippen LogP contribution in [0.2, 0.25) is 0 Å². The monoisotopic (exact) mass is 421 g/mol. The molecule has 2 aromatic rings. The van der Waals surface area contributed by atoms with Gasteiger partial charge in [-0.2, -0.15) is 13.2 Å². The Balaban J connectivity index is 1.68. The highest BCUT2D eigenvalue weighted by molar-refractivity contribution is 5.95. The standard InChI is InChI=1S/C21H22F3N3O3/c1-15-4-2-3-5-16(15)13-25-30-14-20(28)26-18-12-17(21(22,23)24)6-7-19(18)27-8-10-29-11-9-27/h2-7,12-13H,8-11,14H2,1H3,(H,26,28)/b25-13+. The number of rotatable bonds is 6. The highest BCUT2D eigenvalue weighted by atomic mass is 19.4. The second-order valence-electron chi connectivity index (χ2n) is 6.74. The number of morpholine rings is 1. The van der Waals surface area contributed by atoms with Crippen molar-refractivity contribution in [1.82, 2.24) is 0 Å². The van der Waals surface area contributed by atoms with Crippen molar-refractivity contribution in [3.05, 3.63) is 59.2 Å². The zero-order chi connectivity index (χ0) is 21.6. The minimum Gasteiger partial charge on any atom is -0.386 e. The molecule has 6 nitrogen and oxygen atoms in total. The summed E-state index contributed by atoms with van der Waals surface area (Å²) in [7, 11) is 0. The van der Waals surface area contributed by atoms with Gasteiger partial charge in [-0.25, -0.2) is 0 Å². The zero-order valence-electron chi connectivity index (χ0n) is 16.4. The van der Waals surface area contributed by atoms with Crippen LogP contribution in [0, 0.1) is 6.92 Å². The zero-order valence-corrected chi connectivity index (χ0v) is 16.4. The molecule has 1 aliphatic heterocycles. The summed E-state index contributed by atoms with van der Waals surface area (Å²) in [5.74, 6) is -0.606. The number of carbonyl (C=O) groups excluding carboxylic acids is 1. The third-order valence-electron chi connectivity index (χ3n) is 4.60. The maximum atomic E-state index is 13.1. The highest BCUT2D eigenvalue weighted by Gasteiger charge is 2.32. The van der Waals surface area contributed by atoms with Crippen molar-refractivity contribution in [2.75, 3.05) is 43.1 Å². The summed E-state index contributed by atoms with van der Waals surface area (Å²) in [6, 6.07) is 10.8. The fraction of sp³-hybridized carbons (Fsp3) is 0.333. The number of halogens is 3. The van der Waals surface area contributed by atoms with Crippen molar-refractivity contribution in [3.63, 3.8) is 0 Å². The smallest absolute Gasteiger partial charge is 0.386 e. The van der Waals surface area contributed by atoms with Crippen molar-refractivity contribution in [3.8, 4) is 0 Å². The number of nitrogens with one attached hydrogen (secondary N) is 1. The van der Waals surface area contributed by atoms with E-state index in [1.807, 2.05) is 36.1 Å². The molecule has 30 heavy (non-hydrogen) atoms. The minimum absolute atomic E-state index is 0.0724. The first-order valence-corrected chi connectivity index (χ1v) is 9.39. The van der Waals surface area contributed by atoms with E-state index >= 15 is 0 Å². The van der Waals surface area contributed by atoms with Gasteiger partial charge in [0, 0.05) is 13.1 Å². The number of anilines is 2. The lowest BCUT2D eigenvalue weighted by molar-refractivity contribution is -0.137. The van der Waals surface area contributed by atoms with Gasteiger partial charge in [-0.1, -0.05) is 29.4 Å². The average molecular weight is 421 g/mol. The van der Waals surface area contributed by atoms with Crippen molar-refractivity contribution in [2.24, 2.45) is 5.16 Å². The third kappa shape index (κ3) is 5.73. The molecular weight excluding hydrogens is 399 g/mol. The molecule has 0 aromatic heterocycles. The number of amides is 1. The Morgan fingerprint density at radius 1 is 1.23 bits per heavy atom. The van der Waals surface area contributed by atoms with Crippen LogP contribution in [0.1, 0.15) is 16.7 Å². The van der Waals surface area contributed by atoms with Crippen LogP contribution in [0.5, 0.6) is 0 Å². The van der Waals surface area contributed by atoms with Crippen LogP contribution >= 0.6 is 0 Å². The Hall–Kier alpha value is -3.07. The molecule has 1 fully saturated rings. The van der Waals surface area contributed by atoms with Gasteiger partial charge in [0.15, 0.2) is 6.61 Å². The van der Waals surface area contributed by atoms with Crippen LogP contribution in [0.15, 0.2) is 47.6 Å². The van der Waals surface area contributed by atoms with E-state index in [4.69, 9.17) is 9.57 Å². The number of ether oxygens (including phenoxy) is 1. The summed E-state index contributed by atoms with van der Waals surface area (Å²) in [6.45, 7) is 3.45. The van der Waals surface area contributed by atoms with Crippen molar-refractivity contribution in [2.45, 2.75) is 13.1 Å². The van der Waals surface area contributed by atoms with Gasteiger partial charge in [0.1, 0.15) is 0 Å². The Kier molecular flexibility index (Phi) is 6.94. The highest BCUT2D eigenvalue weighted by Crippen LogP contribution is 2.35. The first-order chi connectivity index (χ1) is 14.3. The van der Waals surface area contributed by atoms with Gasteiger partial charge in [0.25, 0.3) is 5.91 Å². The van der Waals surface area contributed by atoms with Crippen LogP contribution in [-0.2, 0) is 20.5 Å². The van der Waals surface area contributed by atoms with Crippen LogP contribution in [-0.4, -0.2) is 45.0 Å². The fourth-order valence-corrected chi connectivity index (χ4v) is 3.00. The first kappa shape index (κ1) is 21.6. The summed E-state index contributed by atoms with van der Waals surface area (Å²) in [4.78, 5) is 19.1. The molecule has 0 radical (unpaired) electrons. The summed E-state index contributed by atoms with van der Waals surface area (Å²) in [5, 5.41) is 6.27. The first-order valence-electron chi connectivity index (χ1n) is 9.39. The quantitative estimate of drug-likeness (QED) is 0.569. The van der Waals surface area contributed by atoms with E-state index in [2.05, 4.69) is 10.5 Å². The van der Waals surface area contributed by atoms with E-state index in [1.165, 1.54) is 12.3 Å². The lowest BCUT2D eigenvalue weighted by Gasteiger charge is -2.31. The molecule has 0 spiro atoms. The molecule has 2 aromatic carbocycles. The molecule has 1 saturated heterocycles. The number of alkyl halides is 3. The van der Waals surface area contributed by atoms with Gasteiger partial charge < -0.3 is 19.8 Å². The van der Waals surface area contributed by atoms with Gasteiger partial charge >= 0.3 is 6.18 Å². The number of nitrogens with zero attached hydrogens (tertiary/aromatic N) is 2. The molecule has 160 valence electrons. The van der Waals surface area contributed by atoms with Crippen LogP contribution < -0.4 is 10.2 Å². The number of hydrogen-bond donors (Lipinski definition) is 1. The van der Waals surface area contributed by atoms with Crippen LogP contribution in [0.3, 0.4) is 0 Å². The third-order valence-corrected chi connectivity index (χ3v) is 4.60. The van der Waals surface area contributed by atoms with Crippen LogP contribution in [0.4, 0.5) is 24.5 Å². The number of oxime groups is 1. The predicted molar refractivity (Wildman–Crippen MR) is 108 cm³/mol. The molecule has 1 heterocycles. The lowest BCUT2D eigenvalue weighted by Crippen LogP contribution is -2.37. The maximum absolute atomic E-state index is 13.1. The van der Waals surface area contributed by atoms with E-state index in [1.54, 1.807) is 0 Å². The molecule has 3 rings (SSSR count). The van der Waals surface area contributed by atoms with E-state index in [0.29, 0.717) is 32.0 Å². The fourth-order valence-electron chi connectivity index (χ4n) is 3.00. The molecular formula is C21H22F3N3O3. The van der Waals surface area contributed by atoms with Crippen molar-refractivity contribution >= 4 is 23.5 Å². The Labute approximate surface area is 172 Å². The second kappa shape index (κ2) is 9.62. The summed E-state index contributed by atoms with van der Waals surface area (Å²) in [5.41, 5.74) is 1.57. The SMILES string of the molecule is Cc1ccccc1/C=N/OCC(=O)Nc1cc(C(F)(F)F)ccc1N1CCOCC1. The topological polar surface area (TPSA) is 63.2 Å². The largest absolute Gasteiger partial charge is 0.416 e. The van der Waals surface area contributed by atoms with Gasteiger partial charge in [0.2, 0.25) is 0 Å². The Morgan fingerprint density at radius 2 is 1.97 bits per heavy atom. The molecule has 1 amide bonds. The van der Waals surface area contributed by atoms with Crippen molar-refractivity contribution < 1.29 is 27.5 Å². The molecule has 9 heteroatoms. The lowest BCUT2D eigenvalue weighted by atomic mass is 10.1. The molecule has 1 aliphatic rings. The second-order valence-corrected chi connectivity index (χ2v) is 6.74. The summed E-state index contributed by atoms with van der Waals surface area (Å²) >= 11 is 0. The number of hydrogen-bond acceptors (Lipinski definition) is 5. The van der Waals surface area contributed by atoms with E-state index < -0.39 is 24.3 Å². The normalized spacial score (nSPS) is 14.7. The summed E-state index contributed by atoms with van der Waals surface area (Å²) in [6.07, 6.45) is -3.04. The van der Waals surface area contributed by atoms with E-state index in [0.717, 1.165) is 23.3 Å². The minimum atomic E-state index is -4.52. The molecule has 0 aliphatic carbocycles. The Morgan fingerprint density at radius 3 is 2.67 bits per heavy atom. The van der Waals surface area contributed by atoms with Gasteiger partial charge in [-0.05, 0) is 36.2 Å². The number of aryl methyl sites for hydroxylation is 1. The van der Waals surface area contributed by atoms with Gasteiger partial charge in [-0.3, -0.25) is 4.79 Å². The molecule has 1 N–H and O–H groups in total. The number of carbonyl (C=O) groups is 1.